The van der Waals surface area contributed by atoms with E-state index in [2.05, 4.69) is 0 Å². The van der Waals surface area contributed by atoms with Gasteiger partial charge < -0.3 is 47.4 Å². The van der Waals surface area contributed by atoms with E-state index in [4.69, 9.17) is 47.4 Å². The molecular formula is C40H62O20. The van der Waals surface area contributed by atoms with Crippen LogP contribution in [-0.2, 0) is 95.3 Å². The van der Waals surface area contributed by atoms with Gasteiger partial charge in [-0.3, -0.25) is 24.0 Å². The van der Waals surface area contributed by atoms with E-state index in [0.29, 0.717) is 0 Å². The van der Waals surface area contributed by atoms with Crippen LogP contribution in [0.5, 0.6) is 0 Å². The quantitative estimate of drug-likeness (QED) is 0.0369. The van der Waals surface area contributed by atoms with Crippen LogP contribution < -0.4 is 0 Å². The van der Waals surface area contributed by atoms with Crippen molar-refractivity contribution in [3.05, 3.63) is 0 Å². The molecule has 0 heterocycles. The molecule has 342 valence electrons. The van der Waals surface area contributed by atoms with Crippen LogP contribution in [0.4, 0.5) is 0 Å². The lowest BCUT2D eigenvalue weighted by Crippen LogP contribution is -2.48. The Labute approximate surface area is 350 Å². The van der Waals surface area contributed by atoms with Gasteiger partial charge in [0.2, 0.25) is 28.9 Å². The predicted molar refractivity (Wildman–Crippen MR) is 205 cm³/mol. The molecule has 0 aliphatic rings. The van der Waals surface area contributed by atoms with E-state index in [-0.39, 0.29) is 143 Å². The minimum absolute atomic E-state index is 0.00675. The molecule has 0 N–H and O–H groups in total. The van der Waals surface area contributed by atoms with Crippen LogP contribution in [0, 0.1) is 0 Å². The summed E-state index contributed by atoms with van der Waals surface area (Å²) >= 11 is 0. The summed E-state index contributed by atoms with van der Waals surface area (Å²) in [5, 5.41) is 0. The molecule has 0 aliphatic carbocycles. The second-order valence-electron chi connectivity index (χ2n) is 12.6. The van der Waals surface area contributed by atoms with Crippen LogP contribution in [0.25, 0.3) is 0 Å². The number of Topliss-reactive ketones (excluding diaryl/α,β-unsaturated/α-hetero) is 5. The number of ether oxygens (including phenoxy) is 10. The summed E-state index contributed by atoms with van der Waals surface area (Å²) in [6.45, 7) is 6.59. The molecular weight excluding hydrogens is 800 g/mol. The van der Waals surface area contributed by atoms with Gasteiger partial charge in [0.05, 0.1) is 66.1 Å². The van der Waals surface area contributed by atoms with Gasteiger partial charge in [-0.25, -0.2) is 24.0 Å². The molecule has 0 aromatic carbocycles. The molecule has 0 fully saturated rings. The molecule has 60 heavy (non-hydrogen) atoms. The van der Waals surface area contributed by atoms with Crippen molar-refractivity contribution in [2.75, 3.05) is 79.3 Å². The van der Waals surface area contributed by atoms with Crippen molar-refractivity contribution < 1.29 is 95.3 Å². The maximum absolute atomic E-state index is 11.9. The molecule has 0 saturated carbocycles. The van der Waals surface area contributed by atoms with Crippen molar-refractivity contribution in [2.45, 2.75) is 117 Å². The molecule has 0 spiro atoms. The van der Waals surface area contributed by atoms with Gasteiger partial charge in [-0.15, -0.1) is 0 Å². The fourth-order valence-electron chi connectivity index (χ4n) is 4.46. The van der Waals surface area contributed by atoms with Gasteiger partial charge in [-0.2, -0.15) is 0 Å². The molecule has 20 nitrogen and oxygen atoms in total. The predicted octanol–water partition coefficient (Wildman–Crippen LogP) is 1.74. The first kappa shape index (κ1) is 55.5. The van der Waals surface area contributed by atoms with Gasteiger partial charge in [0.1, 0.15) is 18.3 Å². The summed E-state index contributed by atoms with van der Waals surface area (Å²) in [5.74, 6) is -8.30. The monoisotopic (exact) mass is 862 g/mol. The Morgan fingerprint density at radius 1 is 0.317 bits per heavy atom. The highest BCUT2D eigenvalue weighted by Crippen LogP contribution is 2.17. The zero-order valence-corrected chi connectivity index (χ0v) is 35.5. The SMILES string of the molecule is CCC(=O)C(=O)OCCCOCC(OCCCOC(=O)C(=O)CC)C(OCCCOC(=O)C(=O)CC)C(COCCCOC(=O)C(=O)CC)OCCCOC(=O)C(=O)CC. The minimum atomic E-state index is -1.02. The maximum atomic E-state index is 11.9. The lowest BCUT2D eigenvalue weighted by atomic mass is 10.1. The molecule has 0 bridgehead atoms. The highest BCUT2D eigenvalue weighted by Gasteiger charge is 2.33. The first-order chi connectivity index (χ1) is 28.8. The average molecular weight is 863 g/mol. The van der Waals surface area contributed by atoms with Crippen molar-refractivity contribution in [1.29, 1.82) is 0 Å². The number of rotatable bonds is 39. The average Bonchev–Trinajstić information content (AvgIpc) is 3.26. The van der Waals surface area contributed by atoms with Crippen LogP contribution in [0.1, 0.15) is 98.8 Å². The van der Waals surface area contributed by atoms with Crippen molar-refractivity contribution in [2.24, 2.45) is 0 Å². The van der Waals surface area contributed by atoms with Crippen LogP contribution >= 0.6 is 0 Å². The zero-order valence-electron chi connectivity index (χ0n) is 35.5. The van der Waals surface area contributed by atoms with Crippen LogP contribution in [-0.4, -0.2) is 156 Å². The van der Waals surface area contributed by atoms with Gasteiger partial charge in [0.15, 0.2) is 0 Å². The Kier molecular flexibility index (Phi) is 32.6. The van der Waals surface area contributed by atoms with Gasteiger partial charge >= 0.3 is 29.8 Å². The summed E-state index contributed by atoms with van der Waals surface area (Å²) in [7, 11) is 0. The molecule has 0 amide bonds. The Morgan fingerprint density at radius 2 is 0.550 bits per heavy atom. The molecule has 20 heteroatoms. The zero-order chi connectivity index (χ0) is 45.1. The summed E-state index contributed by atoms with van der Waals surface area (Å²) in [6.07, 6.45) is -2.18. The molecule has 0 saturated heterocycles. The third-order valence-electron chi connectivity index (χ3n) is 7.91. The van der Waals surface area contributed by atoms with Gasteiger partial charge in [-0.05, 0) is 0 Å². The lowest BCUT2D eigenvalue weighted by molar-refractivity contribution is -0.174. The Balaban J connectivity index is 6.21. The van der Waals surface area contributed by atoms with E-state index in [1.807, 2.05) is 0 Å². The van der Waals surface area contributed by atoms with Gasteiger partial charge in [-0.1, -0.05) is 34.6 Å². The van der Waals surface area contributed by atoms with E-state index in [0.717, 1.165) is 0 Å². The van der Waals surface area contributed by atoms with Crippen LogP contribution in [0.15, 0.2) is 0 Å². The van der Waals surface area contributed by atoms with Crippen LogP contribution in [0.2, 0.25) is 0 Å². The van der Waals surface area contributed by atoms with E-state index in [1.165, 1.54) is 34.6 Å². The highest BCUT2D eigenvalue weighted by molar-refractivity contribution is 6.35. The first-order valence-electron chi connectivity index (χ1n) is 20.3. The van der Waals surface area contributed by atoms with Crippen molar-refractivity contribution in [3.8, 4) is 0 Å². The fourth-order valence-corrected chi connectivity index (χ4v) is 4.46. The van der Waals surface area contributed by atoms with E-state index < -0.39 is 77.1 Å². The highest BCUT2D eigenvalue weighted by atomic mass is 16.6. The standard InChI is InChI=1S/C40H62O20/c1-6-28(41)36(46)56-21-11-16-51-26-33(53-18-13-23-58-38(48)30(43)8-3)35(55-20-15-25-60-40(50)32(45)10-5)34(54-19-14-24-59-39(49)31(44)9-4)27-52-17-12-22-57-37(47)29(42)7-2/h33-35H,6-27H2,1-5H3. The first-order valence-corrected chi connectivity index (χ1v) is 20.3. The van der Waals surface area contributed by atoms with E-state index in [9.17, 15) is 47.9 Å². The number of hydrogen-bond donors (Lipinski definition) is 0. The molecule has 0 aromatic heterocycles. The summed E-state index contributed by atoms with van der Waals surface area (Å²) < 4.78 is 55.3. The third kappa shape index (κ3) is 25.9. The molecule has 0 radical (unpaired) electrons. The number of hydrogen-bond acceptors (Lipinski definition) is 20. The molecule has 0 aromatic rings. The number of esters is 5. The van der Waals surface area contributed by atoms with Crippen LogP contribution in [0.3, 0.4) is 0 Å². The Bertz CT molecular complexity index is 1280. The van der Waals surface area contributed by atoms with Crippen molar-refractivity contribution >= 4 is 58.8 Å². The maximum Gasteiger partial charge on any atom is 0.374 e. The number of ketones is 5. The fraction of sp³-hybridized carbons (Fsp3) is 0.750. The van der Waals surface area contributed by atoms with Crippen molar-refractivity contribution in [1.82, 2.24) is 0 Å². The molecule has 0 rings (SSSR count). The summed E-state index contributed by atoms with van der Waals surface area (Å²) in [5.41, 5.74) is 0. The van der Waals surface area contributed by atoms with Gasteiger partial charge in [0.25, 0.3) is 0 Å². The smallest absolute Gasteiger partial charge is 0.374 e. The lowest BCUT2D eigenvalue weighted by Gasteiger charge is -2.33. The summed E-state index contributed by atoms with van der Waals surface area (Å²) in [6, 6.07) is 0. The molecule has 2 unspecified atom stereocenters. The second kappa shape index (κ2) is 35.3. The van der Waals surface area contributed by atoms with E-state index in [1.54, 1.807) is 0 Å². The normalized spacial score (nSPS) is 12.3. The second-order valence-corrected chi connectivity index (χ2v) is 12.6. The van der Waals surface area contributed by atoms with E-state index >= 15 is 0 Å². The molecule has 2 atom stereocenters. The van der Waals surface area contributed by atoms with Crippen molar-refractivity contribution in [3.63, 3.8) is 0 Å². The topological polar surface area (TPSA) is 263 Å². The summed E-state index contributed by atoms with van der Waals surface area (Å²) in [4.78, 5) is 117. The number of carbonyl (C=O) groups is 10. The number of carbonyl (C=O) groups excluding carboxylic acids is 10. The minimum Gasteiger partial charge on any atom is -0.460 e. The molecule has 0 aliphatic heterocycles. The van der Waals surface area contributed by atoms with Gasteiger partial charge in [0, 0.05) is 77.4 Å². The largest absolute Gasteiger partial charge is 0.460 e. The third-order valence-corrected chi connectivity index (χ3v) is 7.91. The Hall–Kier alpha value is -4.50. The Morgan fingerprint density at radius 3 is 0.800 bits per heavy atom.